The molecule has 0 aliphatic heterocycles. The van der Waals surface area contributed by atoms with Gasteiger partial charge in [0.1, 0.15) is 0 Å². The summed E-state index contributed by atoms with van der Waals surface area (Å²) in [7, 11) is -3.65. The van der Waals surface area contributed by atoms with Gasteiger partial charge in [0.25, 0.3) is 5.91 Å². The summed E-state index contributed by atoms with van der Waals surface area (Å²) in [6.45, 7) is 7.78. The molecule has 9 heteroatoms. The molecule has 26 heavy (non-hydrogen) atoms. The summed E-state index contributed by atoms with van der Waals surface area (Å²) in [5.41, 5.74) is 5.40. The van der Waals surface area contributed by atoms with Gasteiger partial charge in [-0.15, -0.1) is 0 Å². The lowest BCUT2D eigenvalue weighted by atomic mass is 10.1. The smallest absolute Gasteiger partial charge is 0.251 e. The van der Waals surface area contributed by atoms with E-state index in [0.717, 1.165) is 0 Å². The summed E-state index contributed by atoms with van der Waals surface area (Å²) < 4.78 is 26.4. The van der Waals surface area contributed by atoms with Crippen molar-refractivity contribution in [2.24, 2.45) is 5.73 Å². The van der Waals surface area contributed by atoms with Gasteiger partial charge in [-0.25, -0.2) is 8.42 Å². The molecule has 0 bridgehead atoms. The largest absolute Gasteiger partial charge is 0.353 e. The van der Waals surface area contributed by atoms with Crippen LogP contribution in [0.3, 0.4) is 0 Å². The predicted octanol–water partition coefficient (Wildman–Crippen LogP) is 0.300. The van der Waals surface area contributed by atoms with Crippen molar-refractivity contribution in [3.63, 3.8) is 0 Å². The summed E-state index contributed by atoms with van der Waals surface area (Å²) >= 11 is 0. The van der Waals surface area contributed by atoms with Crippen molar-refractivity contribution in [2.45, 2.75) is 38.1 Å². The van der Waals surface area contributed by atoms with E-state index in [4.69, 9.17) is 5.73 Å². The van der Waals surface area contributed by atoms with E-state index >= 15 is 0 Å². The van der Waals surface area contributed by atoms with Crippen LogP contribution in [0, 0.1) is 0 Å². The number of rotatable bonds is 9. The fourth-order valence-corrected chi connectivity index (χ4v) is 3.67. The third-order valence-corrected chi connectivity index (χ3v) is 5.64. The van der Waals surface area contributed by atoms with E-state index in [1.54, 1.807) is 27.7 Å². The van der Waals surface area contributed by atoms with Crippen molar-refractivity contribution in [1.29, 1.82) is 0 Å². The van der Waals surface area contributed by atoms with Crippen LogP contribution in [-0.4, -0.2) is 56.3 Å². The van der Waals surface area contributed by atoms with Crippen LogP contribution in [0.15, 0.2) is 29.2 Å². The maximum absolute atomic E-state index is 12.5. The van der Waals surface area contributed by atoms with Crippen molar-refractivity contribution >= 4 is 21.8 Å². The van der Waals surface area contributed by atoms with E-state index < -0.39 is 21.5 Å². The van der Waals surface area contributed by atoms with Gasteiger partial charge in [-0.1, -0.05) is 19.9 Å². The Hall–Kier alpha value is -1.97. The summed E-state index contributed by atoms with van der Waals surface area (Å²) in [6, 6.07) is 5.75. The Morgan fingerprint density at radius 1 is 1.15 bits per heavy atom. The molecule has 1 aromatic carbocycles. The molecule has 0 unspecified atom stereocenters. The number of nitrogens with two attached hydrogens (primary N) is 1. The summed E-state index contributed by atoms with van der Waals surface area (Å²) in [5.74, 6) is -0.896. The highest BCUT2D eigenvalue weighted by atomic mass is 32.2. The molecule has 0 aromatic heterocycles. The van der Waals surface area contributed by atoms with Gasteiger partial charge in [-0.3, -0.25) is 9.59 Å². The zero-order valence-corrected chi connectivity index (χ0v) is 16.5. The molecule has 1 aromatic rings. The quantitative estimate of drug-likeness (QED) is 0.565. The third kappa shape index (κ3) is 6.40. The topological polar surface area (TPSA) is 122 Å². The van der Waals surface area contributed by atoms with Crippen molar-refractivity contribution in [1.82, 2.24) is 14.9 Å². The summed E-state index contributed by atoms with van der Waals surface area (Å²) in [5, 5.41) is 5.08. The molecule has 2 amide bonds. The molecule has 0 aliphatic rings. The van der Waals surface area contributed by atoms with Gasteiger partial charge >= 0.3 is 0 Å². The van der Waals surface area contributed by atoms with Gasteiger partial charge in [-0.05, 0) is 32.0 Å². The molecule has 0 heterocycles. The highest BCUT2D eigenvalue weighted by Crippen LogP contribution is 2.16. The van der Waals surface area contributed by atoms with Crippen molar-refractivity contribution < 1.29 is 18.0 Å². The van der Waals surface area contributed by atoms with Gasteiger partial charge in [0.2, 0.25) is 15.9 Å². The number of hydrogen-bond donors (Lipinski definition) is 3. The molecule has 0 aliphatic carbocycles. The van der Waals surface area contributed by atoms with E-state index in [-0.39, 0.29) is 29.5 Å². The van der Waals surface area contributed by atoms with Gasteiger partial charge < -0.3 is 16.4 Å². The summed E-state index contributed by atoms with van der Waals surface area (Å²) in [4.78, 5) is 24.0. The van der Waals surface area contributed by atoms with E-state index in [1.807, 2.05) is 0 Å². The SMILES string of the molecule is CCN(CC)S(=O)(=O)c1cccc(C(=O)NCC(=O)NCC(C)(C)N)c1. The van der Waals surface area contributed by atoms with Crippen molar-refractivity contribution in [3.8, 4) is 0 Å². The number of amides is 2. The van der Waals surface area contributed by atoms with E-state index in [2.05, 4.69) is 10.6 Å². The van der Waals surface area contributed by atoms with E-state index in [9.17, 15) is 18.0 Å². The van der Waals surface area contributed by atoms with Crippen molar-refractivity contribution in [3.05, 3.63) is 29.8 Å². The normalized spacial score (nSPS) is 12.1. The van der Waals surface area contributed by atoms with Crippen LogP contribution in [0.5, 0.6) is 0 Å². The lowest BCUT2D eigenvalue weighted by molar-refractivity contribution is -0.120. The highest BCUT2D eigenvalue weighted by Gasteiger charge is 2.22. The maximum atomic E-state index is 12.5. The average molecular weight is 385 g/mol. The van der Waals surface area contributed by atoms with Gasteiger partial charge in [0.05, 0.1) is 11.4 Å². The molecule has 8 nitrogen and oxygen atoms in total. The van der Waals surface area contributed by atoms with Crippen molar-refractivity contribution in [2.75, 3.05) is 26.2 Å². The lowest BCUT2D eigenvalue weighted by Gasteiger charge is -2.19. The molecule has 0 fully saturated rings. The first-order valence-corrected chi connectivity index (χ1v) is 9.89. The third-order valence-electron chi connectivity index (χ3n) is 3.59. The first-order valence-electron chi connectivity index (χ1n) is 8.45. The van der Waals surface area contributed by atoms with Crippen LogP contribution < -0.4 is 16.4 Å². The first kappa shape index (κ1) is 22.1. The van der Waals surface area contributed by atoms with E-state index in [0.29, 0.717) is 13.1 Å². The Morgan fingerprint density at radius 2 is 1.77 bits per heavy atom. The molecule has 1 rings (SSSR count). The molecule has 0 spiro atoms. The Balaban J connectivity index is 2.79. The number of carbonyl (C=O) groups excluding carboxylic acids is 2. The van der Waals surface area contributed by atoms with E-state index in [1.165, 1.54) is 28.6 Å². The Bertz CT molecular complexity index is 737. The highest BCUT2D eigenvalue weighted by molar-refractivity contribution is 7.89. The molecule has 0 saturated heterocycles. The molecular weight excluding hydrogens is 356 g/mol. The number of hydrogen-bond acceptors (Lipinski definition) is 5. The van der Waals surface area contributed by atoms with Crippen LogP contribution in [0.25, 0.3) is 0 Å². The van der Waals surface area contributed by atoms with Crippen LogP contribution in [-0.2, 0) is 14.8 Å². The first-order chi connectivity index (χ1) is 12.0. The number of benzene rings is 1. The van der Waals surface area contributed by atoms with Crippen LogP contribution >= 0.6 is 0 Å². The molecule has 4 N–H and O–H groups in total. The Kier molecular flexibility index (Phi) is 7.73. The second kappa shape index (κ2) is 9.11. The lowest BCUT2D eigenvalue weighted by Crippen LogP contribution is -2.47. The standard InChI is InChI=1S/C17H28N4O4S/c1-5-21(6-2)26(24,25)14-9-7-8-13(10-14)16(23)19-11-15(22)20-12-17(3,4)18/h7-10H,5-6,11-12,18H2,1-4H3,(H,19,23)(H,20,22). The second-order valence-corrected chi connectivity index (χ2v) is 8.50. The van der Waals surface area contributed by atoms with Gasteiger partial charge in [0, 0.05) is 30.7 Å². The minimum atomic E-state index is -3.65. The monoisotopic (exact) mass is 384 g/mol. The fraction of sp³-hybridized carbons (Fsp3) is 0.529. The van der Waals surface area contributed by atoms with Gasteiger partial charge in [-0.2, -0.15) is 4.31 Å². The predicted molar refractivity (Wildman–Crippen MR) is 100 cm³/mol. The minimum absolute atomic E-state index is 0.0446. The number of nitrogens with zero attached hydrogens (tertiary/aromatic N) is 1. The minimum Gasteiger partial charge on any atom is -0.353 e. The fourth-order valence-electron chi connectivity index (χ4n) is 2.16. The Labute approximate surface area is 155 Å². The number of sulfonamides is 1. The second-order valence-electron chi connectivity index (χ2n) is 6.57. The number of nitrogens with one attached hydrogen (secondary N) is 2. The molecule has 0 radical (unpaired) electrons. The maximum Gasteiger partial charge on any atom is 0.251 e. The molecule has 146 valence electrons. The molecular formula is C17H28N4O4S. The average Bonchev–Trinajstić information content (AvgIpc) is 2.58. The zero-order chi connectivity index (χ0) is 20.0. The zero-order valence-electron chi connectivity index (χ0n) is 15.7. The van der Waals surface area contributed by atoms with Crippen LogP contribution in [0.1, 0.15) is 38.1 Å². The van der Waals surface area contributed by atoms with Crippen LogP contribution in [0.4, 0.5) is 0 Å². The van der Waals surface area contributed by atoms with Gasteiger partial charge in [0.15, 0.2) is 0 Å². The Morgan fingerprint density at radius 3 is 2.31 bits per heavy atom. The molecule has 0 saturated carbocycles. The summed E-state index contributed by atoms with van der Waals surface area (Å²) in [6.07, 6.45) is 0. The van der Waals surface area contributed by atoms with Crippen LogP contribution in [0.2, 0.25) is 0 Å². The number of carbonyl (C=O) groups is 2. The molecule has 0 atom stereocenters.